The van der Waals surface area contributed by atoms with Crippen molar-refractivity contribution in [2.75, 3.05) is 13.1 Å². The number of aryl methyl sites for hydroxylation is 2. The molecule has 2 fully saturated rings. The second kappa shape index (κ2) is 17.0. The van der Waals surface area contributed by atoms with Gasteiger partial charge in [0.25, 0.3) is 11.8 Å². The Morgan fingerprint density at radius 2 is 1.68 bits per heavy atom. The molecule has 50 heavy (non-hydrogen) atoms. The van der Waals surface area contributed by atoms with Crippen LogP contribution in [-0.2, 0) is 5.92 Å². The Kier molecular flexibility index (Phi) is 13.0. The predicted octanol–water partition coefficient (Wildman–Crippen LogP) is 11.4. The maximum Gasteiger partial charge on any atom is 0.270 e. The summed E-state index contributed by atoms with van der Waals surface area (Å²) in [6.07, 6.45) is 12.3. The van der Waals surface area contributed by atoms with Crippen molar-refractivity contribution < 1.29 is 22.4 Å². The van der Waals surface area contributed by atoms with Crippen molar-refractivity contribution in [3.8, 4) is 12.3 Å². The fraction of sp³-hybridized carbons (Fsp3) is 0.395. The highest BCUT2D eigenvalue weighted by molar-refractivity contribution is 6.03. The first-order valence-corrected chi connectivity index (χ1v) is 17.4. The highest BCUT2D eigenvalue weighted by Gasteiger charge is 2.29. The van der Waals surface area contributed by atoms with Gasteiger partial charge >= 0.3 is 0 Å². The molecule has 2 aliphatic rings. The summed E-state index contributed by atoms with van der Waals surface area (Å²) < 4.78 is 55.4. The van der Waals surface area contributed by atoms with Gasteiger partial charge in [0.05, 0.1) is 23.1 Å². The van der Waals surface area contributed by atoms with Crippen LogP contribution in [0.5, 0.6) is 0 Å². The van der Waals surface area contributed by atoms with Crippen LogP contribution in [0.4, 0.5) is 23.2 Å². The van der Waals surface area contributed by atoms with Crippen molar-refractivity contribution >= 4 is 22.9 Å². The van der Waals surface area contributed by atoms with E-state index in [1.165, 1.54) is 44.9 Å². The lowest BCUT2D eigenvalue weighted by Crippen LogP contribution is -2.40. The average molecular weight is 685 g/mol. The molecule has 0 bridgehead atoms. The molecule has 1 aliphatic heterocycles. The van der Waals surface area contributed by atoms with Crippen LogP contribution in [0, 0.1) is 43.8 Å². The van der Waals surface area contributed by atoms with Crippen molar-refractivity contribution in [2.24, 2.45) is 16.8 Å². The summed E-state index contributed by atoms with van der Waals surface area (Å²) in [5, 5.41) is 0. The standard InChI is InChI=1S/C40H41F3N2O.C3H7F/c1-6-37(44-38-13-8-7-10-27(38)3)30-18-20-45(21-19-30)39(46)35-23-28(4)34(25-36(35)41)33(17-14-26(2)22-29-15-16-29)31-11-9-12-32(24-31)40(5,42)43;1-3(2)4/h1,7-13,17,23-25,29-30H,2,14-16,18-22H2,3-5H3;3H,1-2H3/b33-17-,44-37?;. The quantitative estimate of drug-likeness (QED) is 0.0905. The molecule has 3 aromatic rings. The number of alkyl halides is 3. The summed E-state index contributed by atoms with van der Waals surface area (Å²) in [5.74, 6) is -0.586. The van der Waals surface area contributed by atoms with Crippen LogP contribution in [0.1, 0.15) is 97.5 Å². The molecule has 0 spiro atoms. The maximum absolute atomic E-state index is 15.8. The van der Waals surface area contributed by atoms with E-state index in [1.54, 1.807) is 23.1 Å². The van der Waals surface area contributed by atoms with Crippen LogP contribution in [0.15, 0.2) is 83.9 Å². The van der Waals surface area contributed by atoms with E-state index in [4.69, 9.17) is 11.4 Å². The van der Waals surface area contributed by atoms with Crippen LogP contribution >= 0.6 is 0 Å². The molecule has 3 nitrogen and oxygen atoms in total. The Morgan fingerprint density at radius 1 is 1.02 bits per heavy atom. The summed E-state index contributed by atoms with van der Waals surface area (Å²) in [4.78, 5) is 20.0. The van der Waals surface area contributed by atoms with E-state index < -0.39 is 17.9 Å². The first-order chi connectivity index (χ1) is 23.7. The number of nitrogens with zero attached hydrogens (tertiary/aromatic N) is 2. The molecule has 264 valence electrons. The van der Waals surface area contributed by atoms with E-state index in [0.717, 1.165) is 30.2 Å². The van der Waals surface area contributed by atoms with Gasteiger partial charge in [0.2, 0.25) is 0 Å². The molecular formula is C43H48F4N2O. The molecule has 5 rings (SSSR count). The minimum absolute atomic E-state index is 0.00298. The molecule has 1 heterocycles. The normalized spacial score (nSPS) is 15.7. The number of para-hydroxylation sites is 1. The lowest BCUT2D eigenvalue weighted by molar-refractivity contribution is 0.0174. The summed E-state index contributed by atoms with van der Waals surface area (Å²) in [5.41, 5.74) is 5.94. The molecule has 0 unspecified atom stereocenters. The number of hydrogen-bond donors (Lipinski definition) is 0. The minimum Gasteiger partial charge on any atom is -0.339 e. The fourth-order valence-corrected chi connectivity index (χ4v) is 6.13. The number of allylic oxidation sites excluding steroid dienone is 2. The molecule has 1 saturated heterocycles. The van der Waals surface area contributed by atoms with E-state index in [-0.39, 0.29) is 23.0 Å². The lowest BCUT2D eigenvalue weighted by atomic mass is 9.89. The second-order valence-corrected chi connectivity index (χ2v) is 13.8. The average Bonchev–Trinajstić information content (AvgIpc) is 3.89. The maximum atomic E-state index is 15.8. The molecule has 1 saturated carbocycles. The van der Waals surface area contributed by atoms with Gasteiger partial charge in [-0.05, 0) is 124 Å². The summed E-state index contributed by atoms with van der Waals surface area (Å²) >= 11 is 0. The fourth-order valence-electron chi connectivity index (χ4n) is 6.13. The lowest BCUT2D eigenvalue weighted by Gasteiger charge is -2.32. The van der Waals surface area contributed by atoms with Crippen LogP contribution in [0.25, 0.3) is 5.57 Å². The SMILES string of the molecule is C#CC(=Nc1ccccc1C)C1CCN(C(=O)c2cc(C)c(/C(=C\CC(=C)CC3CC3)c3cccc(C(C)(F)F)c3)cc2F)CC1.CC(C)F. The minimum atomic E-state index is -3.02. The Balaban J connectivity index is 0.00000133. The molecular weight excluding hydrogens is 636 g/mol. The van der Waals surface area contributed by atoms with Crippen molar-refractivity contribution in [3.05, 3.63) is 118 Å². The number of carbonyl (C=O) groups excluding carboxylic acids is 1. The second-order valence-electron chi connectivity index (χ2n) is 13.8. The number of terminal acetylenes is 1. The zero-order valence-electron chi connectivity index (χ0n) is 29.8. The number of benzene rings is 3. The number of carbonyl (C=O) groups is 1. The molecule has 7 heteroatoms. The van der Waals surface area contributed by atoms with Gasteiger partial charge in [-0.15, -0.1) is 6.42 Å². The van der Waals surface area contributed by atoms with Crippen molar-refractivity contribution in [1.82, 2.24) is 4.90 Å². The van der Waals surface area contributed by atoms with Crippen molar-refractivity contribution in [2.45, 2.75) is 85.2 Å². The Hall–Kier alpha value is -4.44. The number of amides is 1. The third kappa shape index (κ3) is 10.5. The zero-order chi connectivity index (χ0) is 36.6. The van der Waals surface area contributed by atoms with E-state index in [1.807, 2.05) is 44.2 Å². The van der Waals surface area contributed by atoms with E-state index in [0.29, 0.717) is 66.2 Å². The third-order valence-corrected chi connectivity index (χ3v) is 9.06. The largest absolute Gasteiger partial charge is 0.339 e. The van der Waals surface area contributed by atoms with Gasteiger partial charge < -0.3 is 4.90 Å². The number of aliphatic imine (C=N–C) groups is 1. The number of halogens is 4. The molecule has 0 radical (unpaired) electrons. The van der Waals surface area contributed by atoms with Gasteiger partial charge in [-0.2, -0.15) is 0 Å². The third-order valence-electron chi connectivity index (χ3n) is 9.06. The van der Waals surface area contributed by atoms with Gasteiger partial charge in [-0.3, -0.25) is 4.79 Å². The Bertz CT molecular complexity index is 1780. The van der Waals surface area contributed by atoms with Crippen LogP contribution in [-0.4, -0.2) is 35.8 Å². The first-order valence-electron chi connectivity index (χ1n) is 17.4. The molecule has 1 aliphatic carbocycles. The molecule has 3 aromatic carbocycles. The van der Waals surface area contributed by atoms with Crippen molar-refractivity contribution in [1.29, 1.82) is 0 Å². The topological polar surface area (TPSA) is 32.7 Å². The number of rotatable bonds is 10. The highest BCUT2D eigenvalue weighted by atomic mass is 19.3. The molecule has 1 amide bonds. The molecule has 0 atom stereocenters. The number of likely N-dealkylation sites (tertiary alicyclic amines) is 1. The van der Waals surface area contributed by atoms with Crippen LogP contribution < -0.4 is 0 Å². The summed E-state index contributed by atoms with van der Waals surface area (Å²) in [7, 11) is 0. The summed E-state index contributed by atoms with van der Waals surface area (Å²) in [6.45, 7) is 12.8. The van der Waals surface area contributed by atoms with Gasteiger partial charge in [0, 0.05) is 31.5 Å². The van der Waals surface area contributed by atoms with Crippen molar-refractivity contribution in [3.63, 3.8) is 0 Å². The molecule has 0 N–H and O–H groups in total. The van der Waals surface area contributed by atoms with Crippen LogP contribution in [0.2, 0.25) is 0 Å². The van der Waals surface area contributed by atoms with E-state index >= 15 is 4.39 Å². The Morgan fingerprint density at radius 3 is 2.28 bits per heavy atom. The smallest absolute Gasteiger partial charge is 0.270 e. The van der Waals surface area contributed by atoms with Gasteiger partial charge in [0.15, 0.2) is 0 Å². The highest BCUT2D eigenvalue weighted by Crippen LogP contribution is 2.37. The van der Waals surface area contributed by atoms with E-state index in [9.17, 15) is 18.0 Å². The van der Waals surface area contributed by atoms with Gasteiger partial charge in [-0.25, -0.2) is 22.6 Å². The predicted molar refractivity (Wildman–Crippen MR) is 197 cm³/mol. The van der Waals surface area contributed by atoms with Crippen LogP contribution in [0.3, 0.4) is 0 Å². The monoisotopic (exact) mass is 684 g/mol. The zero-order valence-corrected chi connectivity index (χ0v) is 29.8. The number of hydrogen-bond acceptors (Lipinski definition) is 2. The number of piperidine rings is 1. The molecule has 0 aromatic heterocycles. The Labute approximate surface area is 295 Å². The first kappa shape index (κ1) is 38.4. The van der Waals surface area contributed by atoms with Gasteiger partial charge in [0.1, 0.15) is 5.82 Å². The summed E-state index contributed by atoms with van der Waals surface area (Å²) in [6, 6.07) is 17.0. The van der Waals surface area contributed by atoms with Gasteiger partial charge in [-0.1, -0.05) is 60.5 Å². The van der Waals surface area contributed by atoms with E-state index in [2.05, 4.69) is 12.5 Å².